The molecule has 7 nitrogen and oxygen atoms in total. The number of rotatable bonds is 5. The average molecular weight is 271 g/mol. The lowest BCUT2D eigenvalue weighted by molar-refractivity contribution is -0.141. The number of hydrogen-bond acceptors (Lipinski definition) is 3. The van der Waals surface area contributed by atoms with Gasteiger partial charge in [-0.2, -0.15) is 0 Å². The minimum atomic E-state index is -1.27. The van der Waals surface area contributed by atoms with Gasteiger partial charge in [-0.1, -0.05) is 19.3 Å². The van der Waals surface area contributed by atoms with Gasteiger partial charge < -0.3 is 21.1 Å². The van der Waals surface area contributed by atoms with Crippen molar-refractivity contribution in [3.05, 3.63) is 0 Å². The van der Waals surface area contributed by atoms with Crippen molar-refractivity contribution in [3.63, 3.8) is 0 Å². The van der Waals surface area contributed by atoms with Gasteiger partial charge in [0.25, 0.3) is 0 Å². The third kappa shape index (κ3) is 4.76. The molecule has 0 aromatic heterocycles. The normalized spacial score (nSPS) is 17.5. The van der Waals surface area contributed by atoms with Crippen molar-refractivity contribution < 1.29 is 19.5 Å². The smallest absolute Gasteiger partial charge is 0.326 e. The molecule has 0 unspecified atom stereocenters. The first-order valence-electron chi connectivity index (χ1n) is 6.46. The number of nitrogens with zero attached hydrogens (tertiary/aromatic N) is 1. The number of nitrogens with one attached hydrogen (secondary N) is 1. The van der Waals surface area contributed by atoms with Gasteiger partial charge in [0.1, 0.15) is 6.04 Å². The second-order valence-electron chi connectivity index (χ2n) is 4.91. The maximum atomic E-state index is 11.9. The number of carboxylic acid groups (broad SMARTS) is 1. The van der Waals surface area contributed by atoms with Crippen LogP contribution in [0.4, 0.5) is 4.79 Å². The first-order valence-corrected chi connectivity index (χ1v) is 6.46. The van der Waals surface area contributed by atoms with E-state index < -0.39 is 30.4 Å². The molecule has 1 fully saturated rings. The Morgan fingerprint density at radius 2 is 1.89 bits per heavy atom. The molecule has 0 aromatic carbocycles. The van der Waals surface area contributed by atoms with Gasteiger partial charge in [-0.05, 0) is 12.8 Å². The number of amides is 3. The third-order valence-electron chi connectivity index (χ3n) is 3.44. The molecule has 1 atom stereocenters. The van der Waals surface area contributed by atoms with E-state index in [2.05, 4.69) is 5.32 Å². The van der Waals surface area contributed by atoms with Crippen molar-refractivity contribution in [2.75, 3.05) is 7.05 Å². The highest BCUT2D eigenvalue weighted by Gasteiger charge is 2.27. The first-order chi connectivity index (χ1) is 8.91. The highest BCUT2D eigenvalue weighted by Crippen LogP contribution is 2.21. The van der Waals surface area contributed by atoms with Crippen LogP contribution in [0.5, 0.6) is 0 Å². The Hall–Kier alpha value is -1.79. The molecule has 0 spiro atoms. The summed E-state index contributed by atoms with van der Waals surface area (Å²) in [7, 11) is 1.65. The van der Waals surface area contributed by atoms with Crippen molar-refractivity contribution >= 4 is 17.9 Å². The van der Waals surface area contributed by atoms with Crippen LogP contribution in [-0.4, -0.2) is 47.0 Å². The second-order valence-corrected chi connectivity index (χ2v) is 4.91. The van der Waals surface area contributed by atoms with Crippen LogP contribution >= 0.6 is 0 Å². The van der Waals surface area contributed by atoms with Crippen LogP contribution in [0.3, 0.4) is 0 Å². The molecule has 4 N–H and O–H groups in total. The zero-order chi connectivity index (χ0) is 14.4. The fourth-order valence-corrected chi connectivity index (χ4v) is 2.29. The standard InChI is InChI=1S/C12H21N3O4/c1-15(8-5-3-2-4-6-8)12(19)14-9(11(17)18)7-10(13)16/h8-9H,2-7H2,1H3,(H2,13,16)(H,14,19)(H,17,18)/t9-/m0/s1. The lowest BCUT2D eigenvalue weighted by atomic mass is 9.95. The Bertz CT molecular complexity index is 353. The van der Waals surface area contributed by atoms with E-state index in [-0.39, 0.29) is 6.04 Å². The van der Waals surface area contributed by atoms with Gasteiger partial charge in [0.2, 0.25) is 5.91 Å². The SMILES string of the molecule is CN(C(=O)N[C@@H](CC(N)=O)C(=O)O)C1CCCCC1. The summed E-state index contributed by atoms with van der Waals surface area (Å²) < 4.78 is 0. The van der Waals surface area contributed by atoms with Gasteiger partial charge in [0.15, 0.2) is 0 Å². The van der Waals surface area contributed by atoms with Crippen molar-refractivity contribution in [3.8, 4) is 0 Å². The van der Waals surface area contributed by atoms with E-state index in [9.17, 15) is 14.4 Å². The predicted molar refractivity (Wildman–Crippen MR) is 68.4 cm³/mol. The van der Waals surface area contributed by atoms with Gasteiger partial charge in [-0.3, -0.25) is 4.79 Å². The summed E-state index contributed by atoms with van der Waals surface area (Å²) in [4.78, 5) is 35.2. The maximum absolute atomic E-state index is 11.9. The minimum Gasteiger partial charge on any atom is -0.480 e. The fourth-order valence-electron chi connectivity index (χ4n) is 2.29. The number of carbonyl (C=O) groups excluding carboxylic acids is 2. The monoisotopic (exact) mass is 271 g/mol. The molecule has 3 amide bonds. The van der Waals surface area contributed by atoms with Gasteiger partial charge >= 0.3 is 12.0 Å². The van der Waals surface area contributed by atoms with Crippen LogP contribution in [-0.2, 0) is 9.59 Å². The lowest BCUT2D eigenvalue weighted by Gasteiger charge is -2.32. The zero-order valence-corrected chi connectivity index (χ0v) is 11.1. The quantitative estimate of drug-likeness (QED) is 0.667. The van der Waals surface area contributed by atoms with Crippen molar-refractivity contribution in [1.82, 2.24) is 10.2 Å². The summed E-state index contributed by atoms with van der Waals surface area (Å²) in [6.45, 7) is 0. The van der Waals surface area contributed by atoms with Crippen LogP contribution in [0.2, 0.25) is 0 Å². The molecule has 0 bridgehead atoms. The van der Waals surface area contributed by atoms with E-state index >= 15 is 0 Å². The summed E-state index contributed by atoms with van der Waals surface area (Å²) in [6.07, 6.45) is 4.78. The number of nitrogens with two attached hydrogens (primary N) is 1. The van der Waals surface area contributed by atoms with Crippen LogP contribution in [0.1, 0.15) is 38.5 Å². The van der Waals surface area contributed by atoms with Gasteiger partial charge in [0, 0.05) is 13.1 Å². The molecule has 0 heterocycles. The minimum absolute atomic E-state index is 0.136. The highest BCUT2D eigenvalue weighted by atomic mass is 16.4. The molecule has 1 aliphatic rings. The number of carboxylic acids is 1. The summed E-state index contributed by atoms with van der Waals surface area (Å²) >= 11 is 0. The number of aliphatic carboxylic acids is 1. The topological polar surface area (TPSA) is 113 Å². The van der Waals surface area contributed by atoms with Crippen LogP contribution < -0.4 is 11.1 Å². The van der Waals surface area contributed by atoms with E-state index in [1.165, 1.54) is 11.3 Å². The van der Waals surface area contributed by atoms with Gasteiger partial charge in [-0.25, -0.2) is 9.59 Å². The Labute approximate surface area is 112 Å². The Morgan fingerprint density at radius 1 is 1.32 bits per heavy atom. The van der Waals surface area contributed by atoms with Gasteiger partial charge in [-0.15, -0.1) is 0 Å². The van der Waals surface area contributed by atoms with Crippen molar-refractivity contribution in [1.29, 1.82) is 0 Å². The summed E-state index contributed by atoms with van der Waals surface area (Å²) in [5.74, 6) is -2.02. The van der Waals surface area contributed by atoms with Crippen LogP contribution in [0, 0.1) is 0 Å². The largest absolute Gasteiger partial charge is 0.480 e. The molecular weight excluding hydrogens is 250 g/mol. The molecule has 1 rings (SSSR count). The van der Waals surface area contributed by atoms with Crippen LogP contribution in [0.15, 0.2) is 0 Å². The number of carbonyl (C=O) groups is 3. The molecule has 0 aliphatic heterocycles. The number of primary amides is 1. The lowest BCUT2D eigenvalue weighted by Crippen LogP contribution is -2.51. The van der Waals surface area contributed by atoms with E-state index in [1.807, 2.05) is 0 Å². The Kier molecular flexibility index (Phi) is 5.59. The molecule has 0 aromatic rings. The van der Waals surface area contributed by atoms with E-state index in [1.54, 1.807) is 7.05 Å². The summed E-state index contributed by atoms with van der Waals surface area (Å²) in [6, 6.07) is -1.60. The van der Waals surface area contributed by atoms with Crippen molar-refractivity contribution in [2.45, 2.75) is 50.6 Å². The summed E-state index contributed by atoms with van der Waals surface area (Å²) in [5, 5.41) is 11.3. The molecule has 108 valence electrons. The number of hydrogen-bond donors (Lipinski definition) is 3. The molecule has 19 heavy (non-hydrogen) atoms. The Morgan fingerprint density at radius 3 is 2.37 bits per heavy atom. The number of urea groups is 1. The van der Waals surface area contributed by atoms with Crippen molar-refractivity contribution in [2.24, 2.45) is 5.73 Å². The maximum Gasteiger partial charge on any atom is 0.326 e. The fraction of sp³-hybridized carbons (Fsp3) is 0.750. The summed E-state index contributed by atoms with van der Waals surface area (Å²) in [5.41, 5.74) is 4.96. The van der Waals surface area contributed by atoms with Crippen LogP contribution in [0.25, 0.3) is 0 Å². The van der Waals surface area contributed by atoms with E-state index in [0.29, 0.717) is 0 Å². The Balaban J connectivity index is 2.55. The third-order valence-corrected chi connectivity index (χ3v) is 3.44. The molecule has 0 radical (unpaired) electrons. The van der Waals surface area contributed by atoms with Gasteiger partial charge in [0.05, 0.1) is 6.42 Å². The molecule has 1 saturated carbocycles. The molecular formula is C12H21N3O4. The zero-order valence-electron chi connectivity index (χ0n) is 11.1. The average Bonchev–Trinajstić information content (AvgIpc) is 2.37. The molecule has 1 aliphatic carbocycles. The molecule has 7 heteroatoms. The van der Waals surface area contributed by atoms with E-state index in [0.717, 1.165) is 25.7 Å². The van der Waals surface area contributed by atoms with E-state index in [4.69, 9.17) is 10.8 Å². The first kappa shape index (κ1) is 15.3. The predicted octanol–water partition coefficient (Wildman–Crippen LogP) is 0.289. The highest BCUT2D eigenvalue weighted by molar-refractivity contribution is 5.87. The second kappa shape index (κ2) is 6.96. The molecule has 0 saturated heterocycles.